The zero-order valence-electron chi connectivity index (χ0n) is 18.6. The number of amides is 3. The summed E-state index contributed by atoms with van der Waals surface area (Å²) in [6.45, 7) is 3.61. The van der Waals surface area contributed by atoms with E-state index in [0.29, 0.717) is 38.2 Å². The summed E-state index contributed by atoms with van der Waals surface area (Å²) in [5, 5.41) is 5.29. The van der Waals surface area contributed by atoms with E-state index in [-0.39, 0.29) is 5.91 Å². The summed E-state index contributed by atoms with van der Waals surface area (Å²) >= 11 is 0. The van der Waals surface area contributed by atoms with Gasteiger partial charge in [0.1, 0.15) is 5.82 Å². The van der Waals surface area contributed by atoms with E-state index in [1.165, 1.54) is 0 Å². The molecule has 2 N–H and O–H groups in total. The molecule has 1 aromatic heterocycles. The van der Waals surface area contributed by atoms with Crippen LogP contribution in [0.5, 0.6) is 0 Å². The standard InChI is InChI=1S/C25H27N5O3/c1-18-10-11-20(17-21(18)30-15-5-9-22(30)31)28-25(33)24(32)27-12-6-14-29-16-13-26-23(29)19-7-3-2-4-8-19/h2-4,7-8,10-11,13,16-17H,5-6,9,12,14-15H2,1H3,(H,27,32)(H,28,33). The number of aryl methyl sites for hydroxylation is 2. The third-order valence-corrected chi connectivity index (χ3v) is 5.65. The summed E-state index contributed by atoms with van der Waals surface area (Å²) < 4.78 is 2.02. The highest BCUT2D eigenvalue weighted by atomic mass is 16.2. The summed E-state index contributed by atoms with van der Waals surface area (Å²) in [4.78, 5) is 42.8. The third-order valence-electron chi connectivity index (χ3n) is 5.65. The van der Waals surface area contributed by atoms with Crippen LogP contribution in [0.3, 0.4) is 0 Å². The van der Waals surface area contributed by atoms with Gasteiger partial charge in [-0.15, -0.1) is 0 Å². The number of carbonyl (C=O) groups excluding carboxylic acids is 3. The molecule has 2 heterocycles. The van der Waals surface area contributed by atoms with E-state index in [4.69, 9.17) is 0 Å². The number of nitrogens with zero attached hydrogens (tertiary/aromatic N) is 3. The van der Waals surface area contributed by atoms with E-state index in [1.54, 1.807) is 23.2 Å². The van der Waals surface area contributed by atoms with E-state index >= 15 is 0 Å². The Balaban J connectivity index is 1.28. The smallest absolute Gasteiger partial charge is 0.313 e. The second-order valence-electron chi connectivity index (χ2n) is 8.02. The fourth-order valence-corrected chi connectivity index (χ4v) is 3.94. The first kappa shape index (κ1) is 22.3. The average Bonchev–Trinajstić information content (AvgIpc) is 3.47. The normalized spacial score (nSPS) is 13.2. The summed E-state index contributed by atoms with van der Waals surface area (Å²) in [5.41, 5.74) is 3.23. The molecule has 1 aliphatic heterocycles. The van der Waals surface area contributed by atoms with E-state index < -0.39 is 11.8 Å². The number of hydrogen-bond donors (Lipinski definition) is 2. The van der Waals surface area contributed by atoms with Crippen LogP contribution in [0.2, 0.25) is 0 Å². The van der Waals surface area contributed by atoms with Crippen molar-refractivity contribution >= 4 is 29.1 Å². The number of rotatable bonds is 7. The van der Waals surface area contributed by atoms with Gasteiger partial charge in [-0.3, -0.25) is 14.4 Å². The minimum absolute atomic E-state index is 0.0765. The van der Waals surface area contributed by atoms with Gasteiger partial charge in [0.05, 0.1) is 0 Å². The molecule has 8 heteroatoms. The first-order chi connectivity index (χ1) is 16.0. The maximum Gasteiger partial charge on any atom is 0.313 e. The Hall–Kier alpha value is -3.94. The lowest BCUT2D eigenvalue weighted by Gasteiger charge is -2.19. The van der Waals surface area contributed by atoms with Crippen LogP contribution in [0.4, 0.5) is 11.4 Å². The van der Waals surface area contributed by atoms with Gasteiger partial charge in [0.2, 0.25) is 5.91 Å². The Morgan fingerprint density at radius 3 is 2.67 bits per heavy atom. The Bertz CT molecular complexity index is 1160. The Labute approximate surface area is 192 Å². The maximum absolute atomic E-state index is 12.3. The number of imidazole rings is 1. The molecule has 0 unspecified atom stereocenters. The molecule has 33 heavy (non-hydrogen) atoms. The van der Waals surface area contributed by atoms with Crippen LogP contribution in [-0.2, 0) is 20.9 Å². The van der Waals surface area contributed by atoms with E-state index in [0.717, 1.165) is 29.1 Å². The first-order valence-electron chi connectivity index (χ1n) is 11.1. The Morgan fingerprint density at radius 2 is 1.91 bits per heavy atom. The van der Waals surface area contributed by atoms with Gasteiger partial charge in [-0.25, -0.2) is 4.98 Å². The third kappa shape index (κ3) is 5.28. The lowest BCUT2D eigenvalue weighted by atomic mass is 10.1. The molecule has 3 aromatic rings. The lowest BCUT2D eigenvalue weighted by molar-refractivity contribution is -0.136. The molecule has 2 aromatic carbocycles. The van der Waals surface area contributed by atoms with Gasteiger partial charge in [-0.1, -0.05) is 36.4 Å². The fraction of sp³-hybridized carbons (Fsp3) is 0.280. The van der Waals surface area contributed by atoms with Gasteiger partial charge in [-0.05, 0) is 37.5 Å². The van der Waals surface area contributed by atoms with Gasteiger partial charge in [0.25, 0.3) is 0 Å². The second kappa shape index (κ2) is 10.1. The molecular formula is C25H27N5O3. The number of anilines is 2. The maximum atomic E-state index is 12.3. The highest BCUT2D eigenvalue weighted by Gasteiger charge is 2.23. The summed E-state index contributed by atoms with van der Waals surface area (Å²) in [5.74, 6) is -0.479. The molecule has 170 valence electrons. The molecule has 1 aliphatic rings. The SMILES string of the molecule is Cc1ccc(NC(=O)C(=O)NCCCn2ccnc2-c2ccccc2)cc1N1CCCC1=O. The molecular weight excluding hydrogens is 418 g/mol. The van der Waals surface area contributed by atoms with Crippen molar-refractivity contribution in [3.8, 4) is 11.4 Å². The van der Waals surface area contributed by atoms with Crippen LogP contribution in [-0.4, -0.2) is 40.4 Å². The molecule has 4 rings (SSSR count). The predicted molar refractivity (Wildman–Crippen MR) is 127 cm³/mol. The highest BCUT2D eigenvalue weighted by molar-refractivity contribution is 6.39. The van der Waals surface area contributed by atoms with Crippen LogP contribution in [0.25, 0.3) is 11.4 Å². The quantitative estimate of drug-likeness (QED) is 0.431. The molecule has 0 atom stereocenters. The van der Waals surface area contributed by atoms with Crippen LogP contribution in [0.1, 0.15) is 24.8 Å². The summed E-state index contributed by atoms with van der Waals surface area (Å²) in [7, 11) is 0. The topological polar surface area (TPSA) is 96.3 Å². The van der Waals surface area contributed by atoms with Gasteiger partial charge in [0.15, 0.2) is 0 Å². The molecule has 1 saturated heterocycles. The zero-order valence-corrected chi connectivity index (χ0v) is 18.6. The second-order valence-corrected chi connectivity index (χ2v) is 8.02. The van der Waals surface area contributed by atoms with Crippen LogP contribution in [0.15, 0.2) is 60.9 Å². The minimum Gasteiger partial charge on any atom is -0.348 e. The summed E-state index contributed by atoms with van der Waals surface area (Å²) in [6.07, 6.45) is 5.66. The van der Waals surface area contributed by atoms with Gasteiger partial charge in [0, 0.05) is 55.4 Å². The van der Waals surface area contributed by atoms with Crippen LogP contribution < -0.4 is 15.5 Å². The molecule has 0 saturated carbocycles. The predicted octanol–water partition coefficient (Wildman–Crippen LogP) is 3.13. The molecule has 1 fully saturated rings. The van der Waals surface area contributed by atoms with Crippen LogP contribution >= 0.6 is 0 Å². The van der Waals surface area contributed by atoms with Crippen LogP contribution in [0, 0.1) is 6.92 Å². The number of nitrogens with one attached hydrogen (secondary N) is 2. The highest BCUT2D eigenvalue weighted by Crippen LogP contribution is 2.28. The Morgan fingerprint density at radius 1 is 1.09 bits per heavy atom. The van der Waals surface area contributed by atoms with E-state index in [2.05, 4.69) is 15.6 Å². The van der Waals surface area contributed by atoms with Crippen molar-refractivity contribution in [1.82, 2.24) is 14.9 Å². The van der Waals surface area contributed by atoms with E-state index in [9.17, 15) is 14.4 Å². The van der Waals surface area contributed by atoms with Crippen molar-refractivity contribution in [1.29, 1.82) is 0 Å². The van der Waals surface area contributed by atoms with Crippen molar-refractivity contribution in [3.05, 3.63) is 66.5 Å². The number of benzene rings is 2. The van der Waals surface area contributed by atoms with Crippen molar-refractivity contribution < 1.29 is 14.4 Å². The monoisotopic (exact) mass is 445 g/mol. The molecule has 3 amide bonds. The van der Waals surface area contributed by atoms with Gasteiger partial charge < -0.3 is 20.1 Å². The van der Waals surface area contributed by atoms with Crippen molar-refractivity contribution in [2.45, 2.75) is 32.7 Å². The summed E-state index contributed by atoms with van der Waals surface area (Å²) in [6, 6.07) is 15.2. The van der Waals surface area contributed by atoms with Gasteiger partial charge in [-0.2, -0.15) is 0 Å². The number of aromatic nitrogens is 2. The van der Waals surface area contributed by atoms with Crippen molar-refractivity contribution in [3.63, 3.8) is 0 Å². The molecule has 0 aliphatic carbocycles. The van der Waals surface area contributed by atoms with Crippen molar-refractivity contribution in [2.24, 2.45) is 0 Å². The Kier molecular flexibility index (Phi) is 6.83. The lowest BCUT2D eigenvalue weighted by Crippen LogP contribution is -2.36. The first-order valence-corrected chi connectivity index (χ1v) is 11.1. The number of hydrogen-bond acceptors (Lipinski definition) is 4. The fourth-order valence-electron chi connectivity index (χ4n) is 3.94. The molecule has 8 nitrogen and oxygen atoms in total. The number of carbonyl (C=O) groups is 3. The minimum atomic E-state index is -0.731. The molecule has 0 spiro atoms. The molecule has 0 radical (unpaired) electrons. The van der Waals surface area contributed by atoms with Gasteiger partial charge >= 0.3 is 11.8 Å². The van der Waals surface area contributed by atoms with Crippen molar-refractivity contribution in [2.75, 3.05) is 23.3 Å². The largest absolute Gasteiger partial charge is 0.348 e. The average molecular weight is 446 g/mol. The van der Waals surface area contributed by atoms with E-state index in [1.807, 2.05) is 54.1 Å². The molecule has 0 bridgehead atoms. The zero-order chi connectivity index (χ0) is 23.2.